The van der Waals surface area contributed by atoms with Crippen LogP contribution in [-0.2, 0) is 12.8 Å². The fraction of sp³-hybridized carbons (Fsp3) is 0.167. The Morgan fingerprint density at radius 3 is 2.70 bits per heavy atom. The minimum atomic E-state index is -0.199. The van der Waals surface area contributed by atoms with Gasteiger partial charge in [0, 0.05) is 34.6 Å². The van der Waals surface area contributed by atoms with Gasteiger partial charge in [-0.3, -0.25) is 14.6 Å². The molecule has 0 spiro atoms. The van der Waals surface area contributed by atoms with Crippen LogP contribution in [0, 0.1) is 0 Å². The standard InChI is InChI=1S/C18H15N3O2/c22-17(11-6-8-19-9-7-11)20-12-4-5-14-13-2-1-3-15(13)18(23)21-16(14)10-12/h4-10H,1-3H2,(H,20,22)(H,21,23). The van der Waals surface area contributed by atoms with Crippen molar-refractivity contribution in [2.75, 3.05) is 5.32 Å². The van der Waals surface area contributed by atoms with Gasteiger partial charge in [0.15, 0.2) is 0 Å². The molecule has 0 saturated carbocycles. The number of aromatic nitrogens is 2. The van der Waals surface area contributed by atoms with E-state index < -0.39 is 0 Å². The minimum Gasteiger partial charge on any atom is -0.322 e. The first-order valence-electron chi connectivity index (χ1n) is 7.61. The average Bonchev–Trinajstić information content (AvgIpc) is 3.06. The molecule has 0 atom stereocenters. The lowest BCUT2D eigenvalue weighted by molar-refractivity contribution is 0.102. The molecule has 0 radical (unpaired) electrons. The fourth-order valence-corrected chi connectivity index (χ4v) is 3.18. The zero-order chi connectivity index (χ0) is 15.8. The molecular formula is C18H15N3O2. The lowest BCUT2D eigenvalue weighted by Crippen LogP contribution is -2.14. The second kappa shape index (κ2) is 5.35. The van der Waals surface area contributed by atoms with E-state index in [9.17, 15) is 9.59 Å². The van der Waals surface area contributed by atoms with Gasteiger partial charge in [-0.25, -0.2) is 0 Å². The SMILES string of the molecule is O=C(Nc1ccc2c3c(c(=O)[nH]c2c1)CCC3)c1ccncc1. The number of carbonyl (C=O) groups is 1. The highest BCUT2D eigenvalue weighted by atomic mass is 16.1. The Morgan fingerprint density at radius 2 is 1.87 bits per heavy atom. The third-order valence-corrected chi connectivity index (χ3v) is 4.29. The predicted molar refractivity (Wildman–Crippen MR) is 88.8 cm³/mol. The van der Waals surface area contributed by atoms with E-state index >= 15 is 0 Å². The number of carbonyl (C=O) groups excluding carboxylic acids is 1. The van der Waals surface area contributed by atoms with Crippen molar-refractivity contribution in [1.29, 1.82) is 0 Å². The number of benzene rings is 1. The summed E-state index contributed by atoms with van der Waals surface area (Å²) in [6.07, 6.45) is 5.98. The van der Waals surface area contributed by atoms with Gasteiger partial charge in [-0.05, 0) is 49.1 Å². The summed E-state index contributed by atoms with van der Waals surface area (Å²) in [6.45, 7) is 0. The van der Waals surface area contributed by atoms with Gasteiger partial charge in [-0.15, -0.1) is 0 Å². The smallest absolute Gasteiger partial charge is 0.255 e. The van der Waals surface area contributed by atoms with E-state index in [0.29, 0.717) is 11.3 Å². The van der Waals surface area contributed by atoms with Crippen molar-refractivity contribution >= 4 is 22.5 Å². The van der Waals surface area contributed by atoms with Crippen LogP contribution in [0.3, 0.4) is 0 Å². The summed E-state index contributed by atoms with van der Waals surface area (Å²) < 4.78 is 0. The lowest BCUT2D eigenvalue weighted by Gasteiger charge is -2.09. The van der Waals surface area contributed by atoms with Crippen LogP contribution in [-0.4, -0.2) is 15.9 Å². The molecule has 23 heavy (non-hydrogen) atoms. The molecule has 3 aromatic rings. The van der Waals surface area contributed by atoms with Gasteiger partial charge >= 0.3 is 0 Å². The summed E-state index contributed by atoms with van der Waals surface area (Å²) in [5.74, 6) is -0.199. The van der Waals surface area contributed by atoms with E-state index in [1.54, 1.807) is 24.5 Å². The Labute approximate surface area is 132 Å². The van der Waals surface area contributed by atoms with Gasteiger partial charge in [0.1, 0.15) is 0 Å². The summed E-state index contributed by atoms with van der Waals surface area (Å²) in [5.41, 5.74) is 4.02. The van der Waals surface area contributed by atoms with E-state index in [1.807, 2.05) is 18.2 Å². The van der Waals surface area contributed by atoms with Gasteiger partial charge in [-0.1, -0.05) is 6.07 Å². The maximum atomic E-state index is 12.2. The first-order valence-corrected chi connectivity index (χ1v) is 7.61. The van der Waals surface area contributed by atoms with E-state index in [2.05, 4.69) is 15.3 Å². The third kappa shape index (κ3) is 2.40. The minimum absolute atomic E-state index is 0.0115. The molecule has 5 nitrogen and oxygen atoms in total. The maximum absolute atomic E-state index is 12.2. The van der Waals surface area contributed by atoms with Crippen LogP contribution in [0.1, 0.15) is 27.9 Å². The summed E-state index contributed by atoms with van der Waals surface area (Å²) in [5, 5.41) is 3.92. The Morgan fingerprint density at radius 1 is 1.09 bits per heavy atom. The summed E-state index contributed by atoms with van der Waals surface area (Å²) in [7, 11) is 0. The normalized spacial score (nSPS) is 13.0. The maximum Gasteiger partial charge on any atom is 0.255 e. The molecule has 1 aliphatic rings. The molecule has 0 bridgehead atoms. The van der Waals surface area contributed by atoms with E-state index in [1.165, 1.54) is 0 Å². The van der Waals surface area contributed by atoms with E-state index in [4.69, 9.17) is 0 Å². The van der Waals surface area contributed by atoms with Gasteiger partial charge in [0.25, 0.3) is 11.5 Å². The number of rotatable bonds is 2. The van der Waals surface area contributed by atoms with Gasteiger partial charge < -0.3 is 10.3 Å². The number of amides is 1. The van der Waals surface area contributed by atoms with Crippen LogP contribution in [0.2, 0.25) is 0 Å². The number of hydrogen-bond acceptors (Lipinski definition) is 3. The molecule has 1 aliphatic carbocycles. The highest BCUT2D eigenvalue weighted by molar-refractivity contribution is 6.05. The van der Waals surface area contributed by atoms with E-state index in [0.717, 1.165) is 41.3 Å². The first-order chi connectivity index (χ1) is 11.2. The fourth-order valence-electron chi connectivity index (χ4n) is 3.18. The van der Waals surface area contributed by atoms with Crippen molar-refractivity contribution < 1.29 is 4.79 Å². The second-order valence-electron chi connectivity index (χ2n) is 5.72. The molecule has 2 N–H and O–H groups in total. The van der Waals surface area contributed by atoms with Gasteiger partial charge in [-0.2, -0.15) is 0 Å². The van der Waals surface area contributed by atoms with Crippen LogP contribution >= 0.6 is 0 Å². The number of hydrogen-bond donors (Lipinski definition) is 2. The van der Waals surface area contributed by atoms with Crippen LogP contribution < -0.4 is 10.9 Å². The van der Waals surface area contributed by atoms with Crippen molar-refractivity contribution in [2.45, 2.75) is 19.3 Å². The highest BCUT2D eigenvalue weighted by Gasteiger charge is 2.18. The summed E-state index contributed by atoms with van der Waals surface area (Å²) >= 11 is 0. The number of nitrogens with one attached hydrogen (secondary N) is 2. The van der Waals surface area contributed by atoms with Crippen molar-refractivity contribution in [3.8, 4) is 0 Å². The quantitative estimate of drug-likeness (QED) is 0.764. The van der Waals surface area contributed by atoms with Crippen LogP contribution in [0.25, 0.3) is 10.9 Å². The number of H-pyrrole nitrogens is 1. The van der Waals surface area contributed by atoms with Gasteiger partial charge in [0.2, 0.25) is 0 Å². The Bertz CT molecular complexity index is 961. The molecule has 2 heterocycles. The Kier molecular flexibility index (Phi) is 3.19. The van der Waals surface area contributed by atoms with E-state index in [-0.39, 0.29) is 11.5 Å². The molecule has 0 unspecified atom stereocenters. The number of anilines is 1. The molecule has 1 amide bonds. The predicted octanol–water partition coefficient (Wildman–Crippen LogP) is 2.66. The Balaban J connectivity index is 1.71. The number of nitrogens with zero attached hydrogens (tertiary/aromatic N) is 1. The molecule has 114 valence electrons. The van der Waals surface area contributed by atoms with Crippen molar-refractivity contribution in [1.82, 2.24) is 9.97 Å². The topological polar surface area (TPSA) is 74.8 Å². The second-order valence-corrected chi connectivity index (χ2v) is 5.72. The molecule has 2 aromatic heterocycles. The summed E-state index contributed by atoms with van der Waals surface area (Å²) in [4.78, 5) is 31.1. The molecule has 1 aromatic carbocycles. The molecule has 0 aliphatic heterocycles. The largest absolute Gasteiger partial charge is 0.322 e. The number of aromatic amines is 1. The van der Waals surface area contributed by atoms with Crippen LogP contribution in [0.15, 0.2) is 47.5 Å². The molecule has 4 rings (SSSR count). The Hall–Kier alpha value is -2.95. The van der Waals surface area contributed by atoms with Crippen LogP contribution in [0.5, 0.6) is 0 Å². The van der Waals surface area contributed by atoms with Crippen molar-refractivity contribution in [3.05, 3.63) is 69.8 Å². The number of aryl methyl sites for hydroxylation is 1. The first kappa shape index (κ1) is 13.7. The summed E-state index contributed by atoms with van der Waals surface area (Å²) in [6, 6.07) is 8.97. The van der Waals surface area contributed by atoms with Crippen molar-refractivity contribution in [3.63, 3.8) is 0 Å². The molecule has 0 fully saturated rings. The molecular weight excluding hydrogens is 290 g/mol. The lowest BCUT2D eigenvalue weighted by atomic mass is 10.1. The molecule has 5 heteroatoms. The van der Waals surface area contributed by atoms with Crippen molar-refractivity contribution in [2.24, 2.45) is 0 Å². The highest BCUT2D eigenvalue weighted by Crippen LogP contribution is 2.27. The zero-order valence-electron chi connectivity index (χ0n) is 12.4. The van der Waals surface area contributed by atoms with Crippen LogP contribution in [0.4, 0.5) is 5.69 Å². The van der Waals surface area contributed by atoms with Gasteiger partial charge in [0.05, 0.1) is 5.52 Å². The average molecular weight is 305 g/mol. The monoisotopic (exact) mass is 305 g/mol. The molecule has 0 saturated heterocycles. The number of fused-ring (bicyclic) bond motifs is 3. The third-order valence-electron chi connectivity index (χ3n) is 4.29. The zero-order valence-corrected chi connectivity index (χ0v) is 12.4. The number of pyridine rings is 2.